The van der Waals surface area contributed by atoms with Crippen LogP contribution in [-0.2, 0) is 23.2 Å². The lowest BCUT2D eigenvalue weighted by Crippen LogP contribution is -2.45. The van der Waals surface area contributed by atoms with Crippen molar-refractivity contribution in [1.29, 1.82) is 0 Å². The second-order valence-electron chi connectivity index (χ2n) is 7.61. The Hall–Kier alpha value is -1.85. The molecule has 2 heterocycles. The van der Waals surface area contributed by atoms with Crippen LogP contribution in [-0.4, -0.2) is 33.9 Å². The Morgan fingerprint density at radius 1 is 1.38 bits per heavy atom. The Kier molecular flexibility index (Phi) is 4.76. The highest BCUT2D eigenvalue weighted by Crippen LogP contribution is 2.42. The number of fused-ring (bicyclic) bond motifs is 1. The Balaban J connectivity index is 1.43. The van der Waals surface area contributed by atoms with E-state index >= 15 is 0 Å². The molecule has 1 aliphatic heterocycles. The molecule has 0 saturated heterocycles. The number of carbonyl (C=O) groups excluding carboxylic acids is 1. The first-order chi connectivity index (χ1) is 12.6. The number of H-pyrrole nitrogens is 1. The van der Waals surface area contributed by atoms with Gasteiger partial charge in [-0.3, -0.25) is 4.79 Å². The number of aromatic amines is 1. The van der Waals surface area contributed by atoms with Gasteiger partial charge in [0.25, 0.3) is 0 Å². The normalized spacial score (nSPS) is 25.8. The van der Waals surface area contributed by atoms with Crippen molar-refractivity contribution >= 4 is 17.5 Å². The molecule has 4 rings (SSSR count). The van der Waals surface area contributed by atoms with E-state index in [1.807, 2.05) is 23.1 Å². The molecule has 1 fully saturated rings. The van der Waals surface area contributed by atoms with E-state index in [1.165, 1.54) is 5.56 Å². The van der Waals surface area contributed by atoms with Crippen molar-refractivity contribution < 1.29 is 4.79 Å². The molecule has 1 aliphatic carbocycles. The van der Waals surface area contributed by atoms with Crippen LogP contribution in [0.2, 0.25) is 5.02 Å². The van der Waals surface area contributed by atoms with Gasteiger partial charge in [-0.1, -0.05) is 23.7 Å². The summed E-state index contributed by atoms with van der Waals surface area (Å²) < 4.78 is 0. The lowest BCUT2D eigenvalue weighted by molar-refractivity contribution is -0.138. The summed E-state index contributed by atoms with van der Waals surface area (Å²) in [5.74, 6) is 0.375. The van der Waals surface area contributed by atoms with Gasteiger partial charge in [0.05, 0.1) is 24.3 Å². The highest BCUT2D eigenvalue weighted by Gasteiger charge is 2.39. The molecular formula is C20H25ClN4O. The summed E-state index contributed by atoms with van der Waals surface area (Å²) in [4.78, 5) is 22.5. The highest BCUT2D eigenvalue weighted by atomic mass is 35.5. The Morgan fingerprint density at radius 3 is 2.92 bits per heavy atom. The van der Waals surface area contributed by atoms with Gasteiger partial charge >= 0.3 is 0 Å². The maximum atomic E-state index is 13.0. The molecule has 0 spiro atoms. The van der Waals surface area contributed by atoms with E-state index in [-0.39, 0.29) is 17.2 Å². The molecule has 5 nitrogen and oxygen atoms in total. The number of imidazole rings is 1. The van der Waals surface area contributed by atoms with Crippen LogP contribution < -0.4 is 5.73 Å². The summed E-state index contributed by atoms with van der Waals surface area (Å²) in [6.07, 6.45) is 6.20. The average Bonchev–Trinajstić information content (AvgIpc) is 3.15. The number of aromatic nitrogens is 2. The predicted octanol–water partition coefficient (Wildman–Crippen LogP) is 3.03. The number of halogens is 1. The van der Waals surface area contributed by atoms with Gasteiger partial charge in [0.1, 0.15) is 0 Å². The van der Waals surface area contributed by atoms with Gasteiger partial charge in [0.2, 0.25) is 5.91 Å². The van der Waals surface area contributed by atoms with Gasteiger partial charge in [-0.2, -0.15) is 0 Å². The number of nitrogens with one attached hydrogen (secondary N) is 1. The number of benzene rings is 1. The van der Waals surface area contributed by atoms with E-state index in [2.05, 4.69) is 16.0 Å². The lowest BCUT2D eigenvalue weighted by atomic mass is 9.66. The molecule has 3 N–H and O–H groups in total. The van der Waals surface area contributed by atoms with E-state index < -0.39 is 0 Å². The molecule has 0 atom stereocenters. The SMILES string of the molecule is NC[C@]1(c2cccc(Cl)c2)CC[C@H](C(=O)N2CCc3nc[nH]c3C2)CC1. The van der Waals surface area contributed by atoms with Crippen LogP contribution in [0.4, 0.5) is 0 Å². The topological polar surface area (TPSA) is 75.0 Å². The standard InChI is InChI=1S/C20H25ClN4O/c21-16-3-1-2-15(10-16)20(12-22)7-4-14(5-8-20)19(26)25-9-6-17-18(11-25)24-13-23-17/h1-3,10,13-14H,4-9,11-12,22H2,(H,23,24)/t14-,20-. The minimum atomic E-state index is -0.0554. The van der Waals surface area contributed by atoms with Crippen LogP contribution in [0.25, 0.3) is 0 Å². The largest absolute Gasteiger partial charge is 0.347 e. The third-order valence-corrected chi connectivity index (χ3v) is 6.44. The maximum Gasteiger partial charge on any atom is 0.226 e. The van der Waals surface area contributed by atoms with Crippen LogP contribution in [0.3, 0.4) is 0 Å². The molecule has 138 valence electrons. The first-order valence-corrected chi connectivity index (χ1v) is 9.75. The van der Waals surface area contributed by atoms with E-state index in [0.717, 1.165) is 55.1 Å². The molecule has 26 heavy (non-hydrogen) atoms. The first kappa shape index (κ1) is 17.6. The second-order valence-corrected chi connectivity index (χ2v) is 8.04. The van der Waals surface area contributed by atoms with Crippen molar-refractivity contribution in [2.75, 3.05) is 13.1 Å². The van der Waals surface area contributed by atoms with Crippen LogP contribution in [0, 0.1) is 5.92 Å². The summed E-state index contributed by atoms with van der Waals surface area (Å²) in [7, 11) is 0. The molecule has 0 bridgehead atoms. The number of hydrogen-bond donors (Lipinski definition) is 2. The van der Waals surface area contributed by atoms with Gasteiger partial charge in [-0.05, 0) is 43.4 Å². The number of rotatable bonds is 3. The van der Waals surface area contributed by atoms with E-state index in [9.17, 15) is 4.79 Å². The third kappa shape index (κ3) is 3.14. The molecule has 0 unspecified atom stereocenters. The molecule has 1 aromatic carbocycles. The molecule has 2 aliphatic rings. The third-order valence-electron chi connectivity index (χ3n) is 6.21. The van der Waals surface area contributed by atoms with Crippen molar-refractivity contribution in [3.8, 4) is 0 Å². The van der Waals surface area contributed by atoms with Crippen molar-refractivity contribution in [2.24, 2.45) is 11.7 Å². The van der Waals surface area contributed by atoms with Gasteiger partial charge in [0.15, 0.2) is 0 Å². The number of hydrogen-bond acceptors (Lipinski definition) is 3. The van der Waals surface area contributed by atoms with E-state index in [4.69, 9.17) is 17.3 Å². The molecule has 1 saturated carbocycles. The molecule has 6 heteroatoms. The first-order valence-electron chi connectivity index (χ1n) is 9.37. The molecule has 2 aromatic rings. The van der Waals surface area contributed by atoms with Crippen molar-refractivity contribution in [1.82, 2.24) is 14.9 Å². The number of nitrogens with two attached hydrogens (primary N) is 1. The summed E-state index contributed by atoms with van der Waals surface area (Å²) in [6, 6.07) is 8.03. The average molecular weight is 373 g/mol. The zero-order chi connectivity index (χ0) is 18.1. The van der Waals surface area contributed by atoms with Crippen LogP contribution in [0.5, 0.6) is 0 Å². The van der Waals surface area contributed by atoms with Crippen molar-refractivity contribution in [3.05, 3.63) is 52.6 Å². The minimum Gasteiger partial charge on any atom is -0.347 e. The predicted molar refractivity (Wildman–Crippen MR) is 102 cm³/mol. The molecule has 1 aromatic heterocycles. The fraction of sp³-hybridized carbons (Fsp3) is 0.500. The fourth-order valence-electron chi connectivity index (χ4n) is 4.51. The van der Waals surface area contributed by atoms with Crippen molar-refractivity contribution in [2.45, 2.75) is 44.1 Å². The lowest BCUT2D eigenvalue weighted by Gasteiger charge is -2.41. The molecule has 0 radical (unpaired) electrons. The Morgan fingerprint density at radius 2 is 2.19 bits per heavy atom. The summed E-state index contributed by atoms with van der Waals surface area (Å²) in [5, 5.41) is 0.747. The van der Waals surface area contributed by atoms with E-state index in [0.29, 0.717) is 13.1 Å². The molecular weight excluding hydrogens is 348 g/mol. The van der Waals surface area contributed by atoms with Crippen LogP contribution in [0.1, 0.15) is 42.6 Å². The smallest absolute Gasteiger partial charge is 0.226 e. The van der Waals surface area contributed by atoms with Gasteiger partial charge in [0, 0.05) is 35.9 Å². The summed E-state index contributed by atoms with van der Waals surface area (Å²) in [6.45, 7) is 2.01. The quantitative estimate of drug-likeness (QED) is 0.869. The van der Waals surface area contributed by atoms with Crippen molar-refractivity contribution in [3.63, 3.8) is 0 Å². The number of carbonyl (C=O) groups is 1. The number of amides is 1. The summed E-state index contributed by atoms with van der Waals surface area (Å²) in [5.41, 5.74) is 9.51. The van der Waals surface area contributed by atoms with Crippen LogP contribution >= 0.6 is 11.6 Å². The Labute approximate surface area is 158 Å². The van der Waals surface area contributed by atoms with E-state index in [1.54, 1.807) is 6.33 Å². The van der Waals surface area contributed by atoms with Gasteiger partial charge in [-0.15, -0.1) is 0 Å². The zero-order valence-corrected chi connectivity index (χ0v) is 15.6. The number of nitrogens with zero attached hydrogens (tertiary/aromatic N) is 2. The van der Waals surface area contributed by atoms with Gasteiger partial charge in [-0.25, -0.2) is 4.98 Å². The van der Waals surface area contributed by atoms with Gasteiger partial charge < -0.3 is 15.6 Å². The highest BCUT2D eigenvalue weighted by molar-refractivity contribution is 6.30. The fourth-order valence-corrected chi connectivity index (χ4v) is 4.70. The molecule has 1 amide bonds. The summed E-state index contributed by atoms with van der Waals surface area (Å²) >= 11 is 6.19. The Bertz CT molecular complexity index is 795. The second kappa shape index (κ2) is 7.05. The maximum absolute atomic E-state index is 13.0. The van der Waals surface area contributed by atoms with Crippen LogP contribution in [0.15, 0.2) is 30.6 Å². The zero-order valence-electron chi connectivity index (χ0n) is 14.9. The monoisotopic (exact) mass is 372 g/mol. The minimum absolute atomic E-state index is 0.0554.